The fraction of sp³-hybridized carbons (Fsp3) is 0.273. The summed E-state index contributed by atoms with van der Waals surface area (Å²) < 4.78 is 6.58. The van der Waals surface area contributed by atoms with Gasteiger partial charge in [0.05, 0.1) is 4.47 Å². The Kier molecular flexibility index (Phi) is 4.09. The monoisotopic (exact) mass is 313 g/mol. The smallest absolute Gasteiger partial charge is 0.299 e. The van der Waals surface area contributed by atoms with Gasteiger partial charge >= 0.3 is 0 Å². The summed E-state index contributed by atoms with van der Waals surface area (Å²) in [6.07, 6.45) is 0. The lowest BCUT2D eigenvalue weighted by molar-refractivity contribution is 0.470. The largest absolute Gasteiger partial charge is 0.429 e. The van der Waals surface area contributed by atoms with E-state index in [9.17, 15) is 0 Å². The van der Waals surface area contributed by atoms with Gasteiger partial charge in [0.1, 0.15) is 10.8 Å². The van der Waals surface area contributed by atoms with Crippen LogP contribution in [0.4, 0.5) is 0 Å². The third-order valence-electron chi connectivity index (χ3n) is 2.06. The van der Waals surface area contributed by atoms with Gasteiger partial charge in [0.25, 0.3) is 5.19 Å². The van der Waals surface area contributed by atoms with Crippen molar-refractivity contribution in [2.24, 2.45) is 0 Å². The number of benzene rings is 1. The zero-order valence-corrected chi connectivity index (χ0v) is 11.9. The fourth-order valence-electron chi connectivity index (χ4n) is 1.28. The van der Waals surface area contributed by atoms with Crippen LogP contribution < -0.4 is 10.1 Å². The molecule has 1 heterocycles. The molecule has 0 saturated heterocycles. The topological polar surface area (TPSA) is 47.0 Å². The highest BCUT2D eigenvalue weighted by Gasteiger charge is 2.08. The predicted molar refractivity (Wildman–Crippen MR) is 71.6 cm³/mol. The Labute approximate surface area is 112 Å². The Morgan fingerprint density at radius 1 is 1.41 bits per heavy atom. The number of nitrogens with one attached hydrogen (secondary N) is 1. The van der Waals surface area contributed by atoms with E-state index >= 15 is 0 Å². The minimum absolute atomic E-state index is 0.555. The second kappa shape index (κ2) is 5.57. The predicted octanol–water partition coefficient (Wildman–Crippen LogP) is 3.12. The van der Waals surface area contributed by atoms with E-state index in [1.54, 1.807) is 0 Å². The van der Waals surface area contributed by atoms with Gasteiger partial charge in [0, 0.05) is 6.54 Å². The molecular formula is C11H12BrN3OS. The number of aryl methyl sites for hydroxylation is 1. The number of ether oxygens (including phenoxy) is 1. The first kappa shape index (κ1) is 12.5. The van der Waals surface area contributed by atoms with Crippen molar-refractivity contribution >= 4 is 27.3 Å². The molecule has 0 fully saturated rings. The Morgan fingerprint density at radius 3 is 2.94 bits per heavy atom. The highest BCUT2D eigenvalue weighted by molar-refractivity contribution is 9.10. The Bertz CT molecular complexity index is 515. The SMILES string of the molecule is CNCc1nnc(Oc2ccc(C)cc2Br)s1. The van der Waals surface area contributed by atoms with Crippen molar-refractivity contribution in [3.05, 3.63) is 33.2 Å². The molecule has 0 atom stereocenters. The molecule has 1 N–H and O–H groups in total. The van der Waals surface area contributed by atoms with Gasteiger partial charge in [-0.05, 0) is 47.6 Å². The number of aromatic nitrogens is 2. The van der Waals surface area contributed by atoms with Gasteiger partial charge in [-0.15, -0.1) is 5.10 Å². The Hall–Kier alpha value is -0.980. The lowest BCUT2D eigenvalue weighted by atomic mass is 10.2. The molecule has 0 bridgehead atoms. The maximum absolute atomic E-state index is 5.66. The average molecular weight is 314 g/mol. The first-order chi connectivity index (χ1) is 8.19. The third kappa shape index (κ3) is 3.24. The first-order valence-electron chi connectivity index (χ1n) is 5.10. The van der Waals surface area contributed by atoms with Crippen LogP contribution in [0.1, 0.15) is 10.6 Å². The Balaban J connectivity index is 2.13. The molecule has 0 aliphatic carbocycles. The second-order valence-electron chi connectivity index (χ2n) is 3.53. The molecule has 0 aliphatic heterocycles. The summed E-state index contributed by atoms with van der Waals surface area (Å²) in [7, 11) is 1.87. The number of nitrogens with zero attached hydrogens (tertiary/aromatic N) is 2. The van der Waals surface area contributed by atoms with Crippen molar-refractivity contribution in [2.45, 2.75) is 13.5 Å². The van der Waals surface area contributed by atoms with Crippen molar-refractivity contribution in [3.63, 3.8) is 0 Å². The van der Waals surface area contributed by atoms with E-state index in [2.05, 4.69) is 31.4 Å². The van der Waals surface area contributed by atoms with Gasteiger partial charge in [-0.1, -0.05) is 22.5 Å². The molecule has 0 saturated carbocycles. The van der Waals surface area contributed by atoms with Crippen LogP contribution in [-0.4, -0.2) is 17.2 Å². The molecule has 2 aromatic rings. The summed E-state index contributed by atoms with van der Waals surface area (Å²) in [5.41, 5.74) is 1.18. The number of rotatable bonds is 4. The van der Waals surface area contributed by atoms with Gasteiger partial charge in [-0.25, -0.2) is 0 Å². The molecule has 90 valence electrons. The maximum Gasteiger partial charge on any atom is 0.299 e. The van der Waals surface area contributed by atoms with Gasteiger partial charge in [0.2, 0.25) is 0 Å². The lowest BCUT2D eigenvalue weighted by Gasteiger charge is -2.04. The van der Waals surface area contributed by atoms with Crippen molar-refractivity contribution in [1.29, 1.82) is 0 Å². The van der Waals surface area contributed by atoms with Crippen LogP contribution in [0.3, 0.4) is 0 Å². The molecule has 0 aliphatic rings. The van der Waals surface area contributed by atoms with Crippen LogP contribution >= 0.6 is 27.3 Å². The van der Waals surface area contributed by atoms with E-state index in [-0.39, 0.29) is 0 Å². The number of halogens is 1. The van der Waals surface area contributed by atoms with Crippen LogP contribution in [0, 0.1) is 6.92 Å². The maximum atomic E-state index is 5.66. The van der Waals surface area contributed by atoms with Crippen molar-refractivity contribution in [1.82, 2.24) is 15.5 Å². The summed E-state index contributed by atoms with van der Waals surface area (Å²) >= 11 is 4.90. The zero-order chi connectivity index (χ0) is 12.3. The highest BCUT2D eigenvalue weighted by atomic mass is 79.9. The Morgan fingerprint density at radius 2 is 2.24 bits per heavy atom. The summed E-state index contributed by atoms with van der Waals surface area (Å²) in [4.78, 5) is 0. The fourth-order valence-corrected chi connectivity index (χ4v) is 2.57. The van der Waals surface area contributed by atoms with Gasteiger partial charge < -0.3 is 10.1 Å². The highest BCUT2D eigenvalue weighted by Crippen LogP contribution is 2.31. The molecule has 4 nitrogen and oxygen atoms in total. The minimum atomic E-state index is 0.555. The van der Waals surface area contributed by atoms with Gasteiger partial charge in [0.15, 0.2) is 0 Å². The summed E-state index contributed by atoms with van der Waals surface area (Å²) in [6.45, 7) is 2.74. The van der Waals surface area contributed by atoms with Gasteiger partial charge in [-0.3, -0.25) is 0 Å². The molecule has 1 aromatic carbocycles. The standard InChI is InChI=1S/C11H12BrN3OS/c1-7-3-4-9(8(12)5-7)16-11-15-14-10(17-11)6-13-2/h3-5,13H,6H2,1-2H3. The van der Waals surface area contributed by atoms with E-state index in [1.165, 1.54) is 16.9 Å². The molecule has 1 aromatic heterocycles. The normalized spacial score (nSPS) is 10.5. The van der Waals surface area contributed by atoms with Crippen molar-refractivity contribution in [3.8, 4) is 10.9 Å². The number of hydrogen-bond donors (Lipinski definition) is 1. The average Bonchev–Trinajstić information content (AvgIpc) is 2.71. The molecule has 0 unspecified atom stereocenters. The molecule has 6 heteroatoms. The van der Waals surface area contributed by atoms with E-state index in [0.29, 0.717) is 11.7 Å². The zero-order valence-electron chi connectivity index (χ0n) is 9.53. The van der Waals surface area contributed by atoms with E-state index in [4.69, 9.17) is 4.74 Å². The van der Waals surface area contributed by atoms with Crippen LogP contribution in [0.15, 0.2) is 22.7 Å². The first-order valence-corrected chi connectivity index (χ1v) is 6.71. The van der Waals surface area contributed by atoms with E-state index in [1.807, 2.05) is 32.2 Å². The van der Waals surface area contributed by atoms with Crippen LogP contribution in [0.5, 0.6) is 10.9 Å². The van der Waals surface area contributed by atoms with Crippen molar-refractivity contribution < 1.29 is 4.74 Å². The van der Waals surface area contributed by atoms with Crippen LogP contribution in [-0.2, 0) is 6.54 Å². The summed E-state index contributed by atoms with van der Waals surface area (Å²) in [5, 5.41) is 12.5. The lowest BCUT2D eigenvalue weighted by Crippen LogP contribution is -2.04. The minimum Gasteiger partial charge on any atom is -0.429 e. The summed E-state index contributed by atoms with van der Waals surface area (Å²) in [6, 6.07) is 5.92. The molecule has 17 heavy (non-hydrogen) atoms. The summed E-state index contributed by atoms with van der Waals surface area (Å²) in [5.74, 6) is 0.753. The van der Waals surface area contributed by atoms with Crippen molar-refractivity contribution in [2.75, 3.05) is 7.05 Å². The third-order valence-corrected chi connectivity index (χ3v) is 3.48. The molecular weight excluding hydrogens is 302 g/mol. The van der Waals surface area contributed by atoms with Gasteiger partial charge in [-0.2, -0.15) is 0 Å². The molecule has 0 radical (unpaired) electrons. The van der Waals surface area contributed by atoms with Crippen LogP contribution in [0.25, 0.3) is 0 Å². The number of hydrogen-bond acceptors (Lipinski definition) is 5. The molecule has 0 amide bonds. The van der Waals surface area contributed by atoms with Crippen LogP contribution in [0.2, 0.25) is 0 Å². The molecule has 0 spiro atoms. The quantitative estimate of drug-likeness (QED) is 0.942. The van der Waals surface area contributed by atoms with E-state index < -0.39 is 0 Å². The molecule has 2 rings (SSSR count). The van der Waals surface area contributed by atoms with E-state index in [0.717, 1.165) is 15.2 Å². The second-order valence-corrected chi connectivity index (χ2v) is 5.41.